The summed E-state index contributed by atoms with van der Waals surface area (Å²) in [6, 6.07) is 9.91. The zero-order valence-electron chi connectivity index (χ0n) is 22.1. The van der Waals surface area contributed by atoms with Gasteiger partial charge >= 0.3 is 6.09 Å². The Hall–Kier alpha value is -3.64. The molecular weight excluding hydrogens is 466 g/mol. The minimum atomic E-state index is -0.521. The number of benzene rings is 1. The van der Waals surface area contributed by atoms with E-state index in [1.807, 2.05) is 45.0 Å². The van der Waals surface area contributed by atoms with Crippen LogP contribution in [0.3, 0.4) is 0 Å². The summed E-state index contributed by atoms with van der Waals surface area (Å²) in [5.41, 5.74) is 3.01. The van der Waals surface area contributed by atoms with Crippen LogP contribution in [0.4, 0.5) is 10.6 Å². The van der Waals surface area contributed by atoms with Crippen LogP contribution in [0, 0.1) is 11.3 Å². The number of anilines is 1. The molecule has 1 unspecified atom stereocenters. The Morgan fingerprint density at radius 2 is 1.95 bits per heavy atom. The second-order valence-electron chi connectivity index (χ2n) is 11.0. The number of amides is 1. The van der Waals surface area contributed by atoms with E-state index < -0.39 is 5.60 Å². The minimum Gasteiger partial charge on any atom is -0.444 e. The fraction of sp³-hybridized carbons (Fsp3) is 0.500. The van der Waals surface area contributed by atoms with Gasteiger partial charge in [0, 0.05) is 44.1 Å². The maximum absolute atomic E-state index is 12.7. The monoisotopic (exact) mass is 501 g/mol. The lowest BCUT2D eigenvalue weighted by Gasteiger charge is -2.41. The number of carbonyl (C=O) groups excluding carboxylic acids is 1. The number of aromatic nitrogens is 3. The van der Waals surface area contributed by atoms with Gasteiger partial charge in [-0.15, -0.1) is 0 Å². The van der Waals surface area contributed by atoms with Crippen molar-refractivity contribution in [1.82, 2.24) is 24.3 Å². The molecule has 1 atom stereocenters. The van der Waals surface area contributed by atoms with Crippen LogP contribution in [0.2, 0.25) is 0 Å². The second kappa shape index (κ2) is 10.0. The molecule has 2 saturated heterocycles. The summed E-state index contributed by atoms with van der Waals surface area (Å²) in [4.78, 5) is 28.7. The minimum absolute atomic E-state index is 0.0595. The van der Waals surface area contributed by atoms with Crippen molar-refractivity contribution in [1.29, 1.82) is 5.26 Å². The molecule has 0 aliphatic carbocycles. The number of likely N-dealkylation sites (tertiary alicyclic amines) is 1. The Kier molecular flexibility index (Phi) is 6.78. The molecule has 5 rings (SSSR count). The van der Waals surface area contributed by atoms with E-state index in [2.05, 4.69) is 33.6 Å². The van der Waals surface area contributed by atoms with Crippen molar-refractivity contribution < 1.29 is 9.53 Å². The molecule has 2 fully saturated rings. The number of ether oxygens (including phenoxy) is 1. The number of carbonyl (C=O) groups is 1. The van der Waals surface area contributed by atoms with E-state index in [9.17, 15) is 10.1 Å². The van der Waals surface area contributed by atoms with E-state index in [4.69, 9.17) is 14.7 Å². The standard InChI is InChI=1S/C28H35N7O2/c1-20-16-33(27(36)37-28(2,3)4)12-13-34(20)25-24-22(17-32-10-5-6-11-32)18-35(26(24)31-19-30-25)23-9-7-8-21(14-23)15-29/h7-9,14,18-20H,5-6,10-13,16-17H2,1-4H3. The number of nitriles is 1. The first-order valence-electron chi connectivity index (χ1n) is 13.1. The molecule has 0 saturated carbocycles. The van der Waals surface area contributed by atoms with Crippen molar-refractivity contribution in [3.63, 3.8) is 0 Å². The van der Waals surface area contributed by atoms with Crippen molar-refractivity contribution in [2.24, 2.45) is 0 Å². The van der Waals surface area contributed by atoms with Crippen LogP contribution in [-0.2, 0) is 11.3 Å². The number of hydrogen-bond acceptors (Lipinski definition) is 7. The third kappa shape index (κ3) is 5.25. The second-order valence-corrected chi connectivity index (χ2v) is 11.0. The summed E-state index contributed by atoms with van der Waals surface area (Å²) < 4.78 is 7.69. The van der Waals surface area contributed by atoms with Gasteiger partial charge in [-0.1, -0.05) is 6.07 Å². The largest absolute Gasteiger partial charge is 0.444 e. The van der Waals surface area contributed by atoms with E-state index in [1.165, 1.54) is 18.4 Å². The Balaban J connectivity index is 1.52. The van der Waals surface area contributed by atoms with Crippen LogP contribution in [0.15, 0.2) is 36.8 Å². The third-order valence-corrected chi connectivity index (χ3v) is 7.04. The van der Waals surface area contributed by atoms with Crippen LogP contribution in [0.25, 0.3) is 16.7 Å². The van der Waals surface area contributed by atoms with Crippen LogP contribution >= 0.6 is 0 Å². The van der Waals surface area contributed by atoms with Crippen molar-refractivity contribution in [2.75, 3.05) is 37.6 Å². The molecule has 2 aromatic heterocycles. The molecule has 0 spiro atoms. The summed E-state index contributed by atoms with van der Waals surface area (Å²) in [7, 11) is 0. The maximum atomic E-state index is 12.7. The fourth-order valence-electron chi connectivity index (χ4n) is 5.32. The van der Waals surface area contributed by atoms with Crippen LogP contribution in [0.1, 0.15) is 51.7 Å². The predicted octanol–water partition coefficient (Wildman–Crippen LogP) is 4.33. The first-order chi connectivity index (χ1) is 17.7. The zero-order valence-corrected chi connectivity index (χ0v) is 22.1. The highest BCUT2D eigenvalue weighted by Crippen LogP contribution is 2.34. The number of nitrogens with zero attached hydrogens (tertiary/aromatic N) is 7. The van der Waals surface area contributed by atoms with Gasteiger partial charge in [-0.25, -0.2) is 14.8 Å². The molecule has 1 amide bonds. The lowest BCUT2D eigenvalue weighted by Crippen LogP contribution is -2.54. The maximum Gasteiger partial charge on any atom is 0.410 e. The first-order valence-corrected chi connectivity index (χ1v) is 13.1. The van der Waals surface area contributed by atoms with Crippen LogP contribution < -0.4 is 4.90 Å². The highest BCUT2D eigenvalue weighted by Gasteiger charge is 2.32. The van der Waals surface area contributed by atoms with E-state index in [0.717, 1.165) is 42.2 Å². The average Bonchev–Trinajstić information content (AvgIpc) is 3.51. The van der Waals surface area contributed by atoms with E-state index in [0.29, 0.717) is 25.2 Å². The van der Waals surface area contributed by atoms with Crippen LogP contribution in [-0.4, -0.2) is 74.8 Å². The van der Waals surface area contributed by atoms with Crippen molar-refractivity contribution in [3.05, 3.63) is 47.9 Å². The number of fused-ring (bicyclic) bond motifs is 1. The number of rotatable bonds is 4. The molecule has 2 aliphatic heterocycles. The SMILES string of the molecule is CC1CN(C(=O)OC(C)(C)C)CCN1c1ncnc2c1c(CN1CCCC1)cn2-c1cccc(C#N)c1. The molecule has 0 radical (unpaired) electrons. The smallest absolute Gasteiger partial charge is 0.410 e. The van der Waals surface area contributed by atoms with Gasteiger partial charge in [-0.05, 0) is 77.4 Å². The van der Waals surface area contributed by atoms with Gasteiger partial charge in [0.15, 0.2) is 0 Å². The van der Waals surface area contributed by atoms with Gasteiger partial charge in [0.2, 0.25) is 0 Å². The van der Waals surface area contributed by atoms with Gasteiger partial charge in [-0.3, -0.25) is 4.90 Å². The Labute approximate surface area is 218 Å². The fourth-order valence-corrected chi connectivity index (χ4v) is 5.32. The van der Waals surface area contributed by atoms with Gasteiger partial charge in [0.05, 0.1) is 17.0 Å². The zero-order chi connectivity index (χ0) is 26.2. The van der Waals surface area contributed by atoms with Gasteiger partial charge in [0.25, 0.3) is 0 Å². The van der Waals surface area contributed by atoms with Gasteiger partial charge in [-0.2, -0.15) is 5.26 Å². The molecule has 2 aliphatic rings. The molecule has 37 heavy (non-hydrogen) atoms. The number of piperazine rings is 1. The molecule has 4 heterocycles. The number of hydrogen-bond donors (Lipinski definition) is 0. The summed E-state index contributed by atoms with van der Waals surface area (Å²) in [6.45, 7) is 12.6. The first kappa shape index (κ1) is 25.0. The Morgan fingerprint density at radius 1 is 1.16 bits per heavy atom. The highest BCUT2D eigenvalue weighted by molar-refractivity contribution is 5.92. The molecule has 9 nitrogen and oxygen atoms in total. The Bertz CT molecular complexity index is 1330. The summed E-state index contributed by atoms with van der Waals surface area (Å²) in [5, 5.41) is 10.5. The lowest BCUT2D eigenvalue weighted by molar-refractivity contribution is 0.0218. The van der Waals surface area contributed by atoms with E-state index >= 15 is 0 Å². The average molecular weight is 502 g/mol. The van der Waals surface area contributed by atoms with E-state index in [-0.39, 0.29) is 12.1 Å². The summed E-state index contributed by atoms with van der Waals surface area (Å²) in [6.07, 6.45) is 5.94. The molecule has 0 bridgehead atoms. The lowest BCUT2D eigenvalue weighted by atomic mass is 10.1. The predicted molar refractivity (Wildman–Crippen MR) is 143 cm³/mol. The normalized spacial score (nSPS) is 18.8. The van der Waals surface area contributed by atoms with Crippen molar-refractivity contribution in [2.45, 2.75) is 58.7 Å². The quantitative estimate of drug-likeness (QED) is 0.525. The van der Waals surface area contributed by atoms with Crippen LogP contribution in [0.5, 0.6) is 0 Å². The molecule has 9 heteroatoms. The van der Waals surface area contributed by atoms with E-state index in [1.54, 1.807) is 11.2 Å². The molecular formula is C28H35N7O2. The third-order valence-electron chi connectivity index (χ3n) is 7.04. The molecule has 1 aromatic carbocycles. The highest BCUT2D eigenvalue weighted by atomic mass is 16.6. The molecule has 194 valence electrons. The van der Waals surface area contributed by atoms with Crippen molar-refractivity contribution in [3.8, 4) is 11.8 Å². The van der Waals surface area contributed by atoms with Gasteiger partial charge in [0.1, 0.15) is 23.4 Å². The Morgan fingerprint density at radius 3 is 2.65 bits per heavy atom. The van der Waals surface area contributed by atoms with Crippen molar-refractivity contribution >= 4 is 22.9 Å². The molecule has 0 N–H and O–H groups in total. The summed E-state index contributed by atoms with van der Waals surface area (Å²) >= 11 is 0. The summed E-state index contributed by atoms with van der Waals surface area (Å²) in [5.74, 6) is 0.894. The molecule has 3 aromatic rings. The topological polar surface area (TPSA) is 90.5 Å². The van der Waals surface area contributed by atoms with Gasteiger partial charge < -0.3 is 19.1 Å².